The molecule has 1 aliphatic carbocycles. The van der Waals surface area contributed by atoms with Gasteiger partial charge in [0.05, 0.1) is 18.4 Å². The van der Waals surface area contributed by atoms with Gasteiger partial charge >= 0.3 is 0 Å². The average molecular weight is 265 g/mol. The van der Waals surface area contributed by atoms with Gasteiger partial charge in [-0.2, -0.15) is 0 Å². The lowest BCUT2D eigenvalue weighted by Crippen LogP contribution is -2.23. The van der Waals surface area contributed by atoms with Gasteiger partial charge in [0.2, 0.25) is 5.88 Å². The Morgan fingerprint density at radius 2 is 1.89 bits per heavy atom. The summed E-state index contributed by atoms with van der Waals surface area (Å²) in [4.78, 5) is 4.28. The summed E-state index contributed by atoms with van der Waals surface area (Å²) >= 11 is 0. The molecule has 1 heterocycles. The minimum Gasteiger partial charge on any atom is -0.486 e. The van der Waals surface area contributed by atoms with Gasteiger partial charge in [-0.25, -0.2) is 4.98 Å². The molecule has 106 valence electrons. The smallest absolute Gasteiger partial charge is 0.217 e. The fraction of sp³-hybridized carbons (Fsp3) is 0.667. The van der Waals surface area contributed by atoms with Crippen LogP contribution in [0.2, 0.25) is 0 Å². The lowest BCUT2D eigenvalue weighted by Gasteiger charge is -2.21. The number of hydrogen-bond donors (Lipinski definition) is 0. The average Bonchev–Trinajstić information content (AvgIpc) is 3.03. The molecular formula is C15H23NO3. The maximum absolute atomic E-state index is 5.87. The molecule has 2 rings (SSSR count). The van der Waals surface area contributed by atoms with E-state index in [0.717, 1.165) is 18.6 Å². The van der Waals surface area contributed by atoms with Crippen LogP contribution >= 0.6 is 0 Å². The largest absolute Gasteiger partial charge is 0.486 e. The standard InChI is InChI=1S/C15H23NO3/c1-10(2)17-13-9-16-14(19-15(3,4)5)8-12(13)18-11-6-7-11/h8-11H,6-7H2,1-5H3. The van der Waals surface area contributed by atoms with E-state index >= 15 is 0 Å². The first-order chi connectivity index (χ1) is 8.83. The van der Waals surface area contributed by atoms with E-state index in [1.807, 2.05) is 40.7 Å². The van der Waals surface area contributed by atoms with E-state index < -0.39 is 0 Å². The van der Waals surface area contributed by atoms with Crippen LogP contribution in [0.4, 0.5) is 0 Å². The van der Waals surface area contributed by atoms with Crippen molar-refractivity contribution in [2.24, 2.45) is 0 Å². The zero-order valence-electron chi connectivity index (χ0n) is 12.4. The van der Waals surface area contributed by atoms with Crippen molar-refractivity contribution in [3.05, 3.63) is 12.3 Å². The van der Waals surface area contributed by atoms with Crippen LogP contribution in [0.25, 0.3) is 0 Å². The van der Waals surface area contributed by atoms with Crippen molar-refractivity contribution >= 4 is 0 Å². The Morgan fingerprint density at radius 3 is 2.42 bits per heavy atom. The van der Waals surface area contributed by atoms with Gasteiger partial charge in [0.1, 0.15) is 5.60 Å². The van der Waals surface area contributed by atoms with E-state index in [4.69, 9.17) is 14.2 Å². The number of ether oxygens (including phenoxy) is 3. The number of aromatic nitrogens is 1. The lowest BCUT2D eigenvalue weighted by atomic mass is 10.2. The Labute approximate surface area is 115 Å². The van der Waals surface area contributed by atoms with Crippen molar-refractivity contribution in [2.45, 2.75) is 65.3 Å². The van der Waals surface area contributed by atoms with Crippen molar-refractivity contribution in [1.82, 2.24) is 4.98 Å². The number of pyridine rings is 1. The van der Waals surface area contributed by atoms with Crippen LogP contribution in [0.15, 0.2) is 12.3 Å². The SMILES string of the molecule is CC(C)Oc1cnc(OC(C)(C)C)cc1OC1CC1. The Hall–Kier alpha value is -1.45. The molecule has 0 bridgehead atoms. The molecule has 0 amide bonds. The molecule has 19 heavy (non-hydrogen) atoms. The fourth-order valence-corrected chi connectivity index (χ4v) is 1.58. The topological polar surface area (TPSA) is 40.6 Å². The van der Waals surface area contributed by atoms with Crippen molar-refractivity contribution in [1.29, 1.82) is 0 Å². The fourth-order valence-electron chi connectivity index (χ4n) is 1.58. The van der Waals surface area contributed by atoms with Gasteiger partial charge < -0.3 is 14.2 Å². The van der Waals surface area contributed by atoms with Crippen molar-refractivity contribution < 1.29 is 14.2 Å². The van der Waals surface area contributed by atoms with E-state index in [0.29, 0.717) is 17.7 Å². The second-order valence-electron chi connectivity index (χ2n) is 6.17. The summed E-state index contributed by atoms with van der Waals surface area (Å²) in [5.74, 6) is 1.98. The summed E-state index contributed by atoms with van der Waals surface area (Å²) in [6.07, 6.45) is 4.31. The first-order valence-electron chi connectivity index (χ1n) is 6.86. The van der Waals surface area contributed by atoms with Gasteiger partial charge in [0, 0.05) is 6.07 Å². The van der Waals surface area contributed by atoms with Gasteiger partial charge in [-0.3, -0.25) is 0 Å². The maximum atomic E-state index is 5.87. The summed E-state index contributed by atoms with van der Waals surface area (Å²) in [7, 11) is 0. The van der Waals surface area contributed by atoms with Crippen LogP contribution in [-0.4, -0.2) is 22.8 Å². The number of rotatable bonds is 5. The van der Waals surface area contributed by atoms with Crippen molar-refractivity contribution in [3.8, 4) is 17.4 Å². The molecule has 1 fully saturated rings. The Morgan fingerprint density at radius 1 is 1.21 bits per heavy atom. The zero-order chi connectivity index (χ0) is 14.0. The minimum atomic E-state index is -0.274. The molecule has 0 unspecified atom stereocenters. The second kappa shape index (κ2) is 5.27. The van der Waals surface area contributed by atoms with Crippen molar-refractivity contribution in [2.75, 3.05) is 0 Å². The van der Waals surface area contributed by atoms with Crippen molar-refractivity contribution in [3.63, 3.8) is 0 Å². The molecule has 0 radical (unpaired) electrons. The highest BCUT2D eigenvalue weighted by molar-refractivity contribution is 5.41. The monoisotopic (exact) mass is 265 g/mol. The first-order valence-corrected chi connectivity index (χ1v) is 6.86. The van der Waals surface area contributed by atoms with Gasteiger partial charge in [-0.1, -0.05) is 0 Å². The summed E-state index contributed by atoms with van der Waals surface area (Å²) < 4.78 is 17.3. The van der Waals surface area contributed by atoms with E-state index in [2.05, 4.69) is 4.98 Å². The Balaban J connectivity index is 2.19. The van der Waals surface area contributed by atoms with Gasteiger partial charge in [-0.05, 0) is 47.5 Å². The van der Waals surface area contributed by atoms with Crippen LogP contribution < -0.4 is 14.2 Å². The summed E-state index contributed by atoms with van der Waals surface area (Å²) in [6.45, 7) is 9.96. The van der Waals surface area contributed by atoms with Gasteiger partial charge in [0.25, 0.3) is 0 Å². The third-order valence-electron chi connectivity index (χ3n) is 2.40. The molecule has 0 saturated heterocycles. The van der Waals surface area contributed by atoms with Gasteiger partial charge in [0.15, 0.2) is 11.5 Å². The predicted molar refractivity (Wildman–Crippen MR) is 74.0 cm³/mol. The van der Waals surface area contributed by atoms with Crippen LogP contribution in [0, 0.1) is 0 Å². The highest BCUT2D eigenvalue weighted by Crippen LogP contribution is 2.36. The zero-order valence-corrected chi connectivity index (χ0v) is 12.4. The van der Waals surface area contributed by atoms with E-state index in [-0.39, 0.29) is 11.7 Å². The molecule has 0 atom stereocenters. The molecule has 1 saturated carbocycles. The third-order valence-corrected chi connectivity index (χ3v) is 2.40. The van der Waals surface area contributed by atoms with E-state index in [9.17, 15) is 0 Å². The lowest BCUT2D eigenvalue weighted by molar-refractivity contribution is 0.122. The first kappa shape index (κ1) is 14.0. The molecular weight excluding hydrogens is 242 g/mol. The molecule has 0 spiro atoms. The van der Waals surface area contributed by atoms with E-state index in [1.54, 1.807) is 6.20 Å². The maximum Gasteiger partial charge on any atom is 0.217 e. The molecule has 0 N–H and O–H groups in total. The van der Waals surface area contributed by atoms with Crippen LogP contribution in [0.1, 0.15) is 47.5 Å². The molecule has 0 aliphatic heterocycles. The summed E-state index contributed by atoms with van der Waals surface area (Å²) in [6, 6.07) is 1.82. The van der Waals surface area contributed by atoms with Crippen LogP contribution in [-0.2, 0) is 0 Å². The third kappa shape index (κ3) is 4.62. The van der Waals surface area contributed by atoms with Crippen LogP contribution in [0.5, 0.6) is 17.4 Å². The second-order valence-corrected chi connectivity index (χ2v) is 6.17. The summed E-state index contributed by atoms with van der Waals surface area (Å²) in [5, 5.41) is 0. The molecule has 1 aromatic rings. The Bertz CT molecular complexity index is 434. The molecule has 1 aliphatic rings. The number of hydrogen-bond acceptors (Lipinski definition) is 4. The minimum absolute atomic E-state index is 0.0951. The Kier molecular flexibility index (Phi) is 3.88. The molecule has 4 nitrogen and oxygen atoms in total. The van der Waals surface area contributed by atoms with E-state index in [1.165, 1.54) is 0 Å². The highest BCUT2D eigenvalue weighted by atomic mass is 16.5. The molecule has 0 aromatic carbocycles. The summed E-state index contributed by atoms with van der Waals surface area (Å²) in [5.41, 5.74) is -0.274. The highest BCUT2D eigenvalue weighted by Gasteiger charge is 2.26. The normalized spacial score (nSPS) is 15.5. The quantitative estimate of drug-likeness (QED) is 0.815. The molecule has 4 heteroatoms. The number of nitrogens with zero attached hydrogens (tertiary/aromatic N) is 1. The predicted octanol–water partition coefficient (Wildman–Crippen LogP) is 3.59. The molecule has 1 aromatic heterocycles. The van der Waals surface area contributed by atoms with Crippen LogP contribution in [0.3, 0.4) is 0 Å². The van der Waals surface area contributed by atoms with Gasteiger partial charge in [-0.15, -0.1) is 0 Å².